The molecule has 1 aliphatic rings. The lowest BCUT2D eigenvalue weighted by Crippen LogP contribution is -2.58. The van der Waals surface area contributed by atoms with Crippen molar-refractivity contribution in [3.63, 3.8) is 0 Å². The third-order valence-electron chi connectivity index (χ3n) is 8.98. The number of Topliss-reactive ketones (excluding diaryl/α,β-unsaturated/α-hetero) is 1. The minimum Gasteiger partial charge on any atom is -0.481 e. The van der Waals surface area contributed by atoms with Crippen LogP contribution in [0.5, 0.6) is 0 Å². The first-order valence-corrected chi connectivity index (χ1v) is 20.3. The van der Waals surface area contributed by atoms with E-state index in [0.29, 0.717) is 11.4 Å². The highest BCUT2D eigenvalue weighted by Gasteiger charge is 2.32. The standard InChI is InChI=1S/C39H49N13O12S/c1-2-4-21(18-65)47-36(61)26(14-31(57)58)51-35(60)23(5-3-12-43-39(41)42)49-37(62)25(13-30(55)56)48-29(54)11-10-24(38(63)64)50-34(59)19-6-8-20(9-7-19)44-16-22-17-45-33-32(46-22)27(53)15-28(40)52-33/h6-9,17,21,23-26,44,65H,3,5,10-16,18H2,1H3,(H,47,61)(H,48,54)(H,49,62)(H,50,59)(H,51,60)(H,55,56)(H,57,58)(H,63,64)(H2,40,45,52)(H4,41,42,43). The number of aliphatic imine (C=N–C) groups is 2. The molecule has 0 saturated heterocycles. The zero-order chi connectivity index (χ0) is 48.2. The molecule has 1 aliphatic heterocycles. The van der Waals surface area contributed by atoms with Crippen LogP contribution in [0.1, 0.15) is 78.4 Å². The quantitative estimate of drug-likeness (QED) is 0.0161. The first-order valence-electron chi connectivity index (χ1n) is 19.6. The van der Waals surface area contributed by atoms with Crippen LogP contribution >= 0.6 is 12.6 Å². The molecular formula is C39H49N13O12S. The van der Waals surface area contributed by atoms with Gasteiger partial charge in [-0.15, -0.1) is 5.92 Å². The summed E-state index contributed by atoms with van der Waals surface area (Å²) in [5, 5.41) is 43.4. The Balaban J connectivity index is 1.65. The van der Waals surface area contributed by atoms with Crippen LogP contribution in [0.4, 0.5) is 11.5 Å². The summed E-state index contributed by atoms with van der Waals surface area (Å²) < 4.78 is 0. The van der Waals surface area contributed by atoms with Crippen LogP contribution in [-0.2, 0) is 40.1 Å². The molecule has 0 fully saturated rings. The number of benzene rings is 1. The molecule has 26 heteroatoms. The second-order valence-electron chi connectivity index (χ2n) is 14.1. The molecule has 5 atom stereocenters. The first-order chi connectivity index (χ1) is 30.8. The minimum atomic E-state index is -1.82. The van der Waals surface area contributed by atoms with Crippen LogP contribution in [0.25, 0.3) is 0 Å². The second kappa shape index (κ2) is 25.3. The van der Waals surface area contributed by atoms with E-state index in [1.165, 1.54) is 37.4 Å². The van der Waals surface area contributed by atoms with Gasteiger partial charge in [-0.25, -0.2) is 19.8 Å². The number of rotatable bonds is 25. The van der Waals surface area contributed by atoms with Crippen molar-refractivity contribution in [3.8, 4) is 11.8 Å². The van der Waals surface area contributed by atoms with Gasteiger partial charge in [0.2, 0.25) is 23.6 Å². The molecule has 1 aromatic carbocycles. The smallest absolute Gasteiger partial charge is 0.326 e. The van der Waals surface area contributed by atoms with E-state index in [4.69, 9.17) is 17.2 Å². The number of nitrogens with zero attached hydrogens (tertiary/aromatic N) is 4. The number of nitrogens with two attached hydrogens (primary N) is 3. The van der Waals surface area contributed by atoms with Gasteiger partial charge in [0.25, 0.3) is 5.91 Å². The van der Waals surface area contributed by atoms with Gasteiger partial charge in [-0.3, -0.25) is 43.3 Å². The zero-order valence-electron chi connectivity index (χ0n) is 34.8. The third-order valence-corrected chi connectivity index (χ3v) is 9.35. The number of carboxylic acids is 3. The number of fused-ring (bicyclic) bond motifs is 1. The highest BCUT2D eigenvalue weighted by Crippen LogP contribution is 2.21. The molecule has 25 nitrogen and oxygen atoms in total. The number of amidine groups is 1. The van der Waals surface area contributed by atoms with Crippen LogP contribution in [-0.4, -0.2) is 133 Å². The number of thiol groups is 1. The molecule has 0 aliphatic carbocycles. The van der Waals surface area contributed by atoms with E-state index in [1.54, 1.807) is 0 Å². The van der Waals surface area contributed by atoms with Gasteiger partial charge in [-0.1, -0.05) is 5.92 Å². The van der Waals surface area contributed by atoms with Gasteiger partial charge in [-0.05, 0) is 50.5 Å². The van der Waals surface area contributed by atoms with E-state index < -0.39 is 103 Å². The maximum Gasteiger partial charge on any atom is 0.326 e. The molecule has 2 heterocycles. The van der Waals surface area contributed by atoms with Crippen molar-refractivity contribution in [2.45, 2.75) is 88.6 Å². The monoisotopic (exact) mass is 923 g/mol. The Morgan fingerprint density at radius 3 is 2.06 bits per heavy atom. The lowest BCUT2D eigenvalue weighted by Gasteiger charge is -2.25. The summed E-state index contributed by atoms with van der Waals surface area (Å²) in [4.78, 5) is 130. The predicted octanol–water partition coefficient (Wildman–Crippen LogP) is -2.48. The van der Waals surface area contributed by atoms with Gasteiger partial charge in [-0.2, -0.15) is 12.6 Å². The average Bonchev–Trinajstić information content (AvgIpc) is 3.24. The number of ketones is 1. The van der Waals surface area contributed by atoms with Gasteiger partial charge in [0.15, 0.2) is 23.3 Å². The van der Waals surface area contributed by atoms with E-state index in [1.807, 2.05) is 0 Å². The van der Waals surface area contributed by atoms with Crippen molar-refractivity contribution in [1.29, 1.82) is 0 Å². The number of carboxylic acid groups (broad SMARTS) is 3. The van der Waals surface area contributed by atoms with Gasteiger partial charge >= 0.3 is 17.9 Å². The number of guanidine groups is 1. The Labute approximate surface area is 376 Å². The highest BCUT2D eigenvalue weighted by atomic mass is 32.1. The van der Waals surface area contributed by atoms with E-state index >= 15 is 0 Å². The summed E-state index contributed by atoms with van der Waals surface area (Å²) in [6.07, 6.45) is -1.82. The predicted molar refractivity (Wildman–Crippen MR) is 234 cm³/mol. The molecule has 0 spiro atoms. The summed E-state index contributed by atoms with van der Waals surface area (Å²) in [6, 6.07) is -1.60. The van der Waals surface area contributed by atoms with E-state index in [9.17, 15) is 58.5 Å². The number of amides is 5. The molecule has 0 radical (unpaired) electrons. The minimum absolute atomic E-state index is 0.0376. The topological polar surface area (TPSA) is 415 Å². The van der Waals surface area contributed by atoms with Gasteiger partial charge < -0.3 is 64.4 Å². The number of aromatic nitrogens is 2. The average molecular weight is 924 g/mol. The molecule has 3 rings (SSSR count). The SMILES string of the molecule is CC#CC(CS)NC(=O)C(CC(=O)O)NC(=O)C(CCCN=C(N)N)NC(=O)C(CC(=O)O)NC(=O)CCC(NC(=O)c1ccc(NCc2cnc3c(n2)C(=O)CC(N)=N3)cc1)C(=O)O. The molecular weight excluding hydrogens is 875 g/mol. The fraction of sp³-hybridized carbons (Fsp3) is 0.410. The van der Waals surface area contributed by atoms with Gasteiger partial charge in [0, 0.05) is 30.0 Å². The van der Waals surface area contributed by atoms with E-state index in [0.717, 1.165) is 0 Å². The van der Waals surface area contributed by atoms with E-state index in [-0.39, 0.29) is 72.8 Å². The summed E-state index contributed by atoms with van der Waals surface area (Å²) in [5.41, 5.74) is 17.5. The van der Waals surface area contributed by atoms with Crippen molar-refractivity contribution >= 4 is 89.2 Å². The Bertz CT molecular complexity index is 2260. The molecule has 5 unspecified atom stereocenters. The molecule has 15 N–H and O–H groups in total. The molecule has 5 amide bonds. The lowest BCUT2D eigenvalue weighted by atomic mass is 10.1. The van der Waals surface area contributed by atoms with E-state index in [2.05, 4.69) is 76.3 Å². The normalized spacial score (nSPS) is 13.8. The van der Waals surface area contributed by atoms with Crippen LogP contribution in [0.3, 0.4) is 0 Å². The summed E-state index contributed by atoms with van der Waals surface area (Å²) in [7, 11) is 0. The molecule has 65 heavy (non-hydrogen) atoms. The number of aliphatic carboxylic acids is 3. The first kappa shape index (κ1) is 51.5. The van der Waals surface area contributed by atoms with Crippen LogP contribution < -0.4 is 49.1 Å². The molecule has 0 saturated carbocycles. The fourth-order valence-electron chi connectivity index (χ4n) is 5.83. The number of hydrogen-bond acceptors (Lipinski definition) is 16. The van der Waals surface area contributed by atoms with Crippen molar-refractivity contribution in [3.05, 3.63) is 47.4 Å². The van der Waals surface area contributed by atoms with Crippen LogP contribution in [0, 0.1) is 11.8 Å². The van der Waals surface area contributed by atoms with Crippen molar-refractivity contribution in [2.75, 3.05) is 17.6 Å². The molecule has 1 aromatic heterocycles. The molecule has 348 valence electrons. The third kappa shape index (κ3) is 17.5. The summed E-state index contributed by atoms with van der Waals surface area (Å²) >= 11 is 4.09. The summed E-state index contributed by atoms with van der Waals surface area (Å²) in [5.74, 6) is -4.52. The Morgan fingerprint density at radius 2 is 1.46 bits per heavy atom. The fourth-order valence-corrected chi connectivity index (χ4v) is 6.01. The Hall–Kier alpha value is -7.82. The zero-order valence-corrected chi connectivity index (χ0v) is 35.7. The largest absolute Gasteiger partial charge is 0.481 e. The Morgan fingerprint density at radius 1 is 0.846 bits per heavy atom. The number of carbonyl (C=O) groups is 9. The lowest BCUT2D eigenvalue weighted by molar-refractivity contribution is -0.141. The van der Waals surface area contributed by atoms with Crippen molar-refractivity contribution < 1.29 is 58.5 Å². The number of carbonyl (C=O) groups excluding carboxylic acids is 6. The molecule has 2 aromatic rings. The second-order valence-corrected chi connectivity index (χ2v) is 14.5. The highest BCUT2D eigenvalue weighted by molar-refractivity contribution is 7.80. The van der Waals surface area contributed by atoms with Gasteiger partial charge in [0.1, 0.15) is 30.0 Å². The van der Waals surface area contributed by atoms with Crippen molar-refractivity contribution in [1.82, 2.24) is 36.6 Å². The van der Waals surface area contributed by atoms with Crippen LogP contribution in [0.15, 0.2) is 40.4 Å². The number of anilines is 1. The Kier molecular flexibility index (Phi) is 20.1. The summed E-state index contributed by atoms with van der Waals surface area (Å²) in [6.45, 7) is 1.61. The van der Waals surface area contributed by atoms with Crippen LogP contribution in [0.2, 0.25) is 0 Å². The van der Waals surface area contributed by atoms with Gasteiger partial charge in [0.05, 0.1) is 43.7 Å². The number of nitrogens with one attached hydrogen (secondary N) is 6. The maximum absolute atomic E-state index is 13.5. The molecule has 0 bridgehead atoms. The van der Waals surface area contributed by atoms with Crippen molar-refractivity contribution in [2.24, 2.45) is 27.2 Å². The maximum atomic E-state index is 13.5. The number of hydrogen-bond donors (Lipinski definition) is 13.